The second kappa shape index (κ2) is 6.86. The van der Waals surface area contributed by atoms with Gasteiger partial charge in [-0.05, 0) is 30.3 Å². The molecule has 0 aliphatic rings. The zero-order chi connectivity index (χ0) is 18.0. The normalized spacial score (nSPS) is 10.5. The SMILES string of the molecule is COc1ccc(NC(=O)C(=O)c2c[nH]c3ccc(Cl)cc23)c(OC)c1. The molecule has 0 bridgehead atoms. The Labute approximate surface area is 148 Å². The molecule has 2 aromatic carbocycles. The predicted octanol–water partition coefficient (Wildman–Crippen LogP) is 3.66. The van der Waals surface area contributed by atoms with Gasteiger partial charge < -0.3 is 19.8 Å². The topological polar surface area (TPSA) is 80.4 Å². The molecule has 3 aromatic rings. The highest BCUT2D eigenvalue weighted by Crippen LogP contribution is 2.29. The van der Waals surface area contributed by atoms with E-state index in [-0.39, 0.29) is 5.56 Å². The molecule has 7 heteroatoms. The van der Waals surface area contributed by atoms with E-state index in [0.717, 1.165) is 5.52 Å². The lowest BCUT2D eigenvalue weighted by Crippen LogP contribution is -2.23. The molecule has 0 saturated heterocycles. The number of benzene rings is 2. The molecule has 0 spiro atoms. The number of Topliss-reactive ketones (excluding diaryl/α,β-unsaturated/α-hetero) is 1. The summed E-state index contributed by atoms with van der Waals surface area (Å²) in [6.07, 6.45) is 1.49. The van der Waals surface area contributed by atoms with Crippen molar-refractivity contribution in [1.82, 2.24) is 4.98 Å². The molecule has 1 aromatic heterocycles. The number of nitrogens with one attached hydrogen (secondary N) is 2. The van der Waals surface area contributed by atoms with Gasteiger partial charge in [0, 0.05) is 28.2 Å². The van der Waals surface area contributed by atoms with Gasteiger partial charge in [0.2, 0.25) is 0 Å². The van der Waals surface area contributed by atoms with Crippen molar-refractivity contribution in [2.75, 3.05) is 19.5 Å². The number of ketones is 1. The Bertz CT molecular complexity index is 965. The van der Waals surface area contributed by atoms with Gasteiger partial charge >= 0.3 is 0 Å². The van der Waals surface area contributed by atoms with E-state index in [9.17, 15) is 9.59 Å². The summed E-state index contributed by atoms with van der Waals surface area (Å²) >= 11 is 5.98. The van der Waals surface area contributed by atoms with Crippen LogP contribution in [-0.2, 0) is 4.79 Å². The van der Waals surface area contributed by atoms with Crippen molar-refractivity contribution in [2.45, 2.75) is 0 Å². The number of ether oxygens (including phenoxy) is 2. The highest BCUT2D eigenvalue weighted by molar-refractivity contribution is 6.48. The maximum Gasteiger partial charge on any atom is 0.296 e. The molecule has 0 saturated carbocycles. The van der Waals surface area contributed by atoms with Gasteiger partial charge in [0.15, 0.2) is 0 Å². The number of carbonyl (C=O) groups is 2. The second-order valence-corrected chi connectivity index (χ2v) is 5.68. The molecule has 0 radical (unpaired) electrons. The number of carbonyl (C=O) groups excluding carboxylic acids is 2. The third-order valence-corrected chi connectivity index (χ3v) is 3.99. The summed E-state index contributed by atoms with van der Waals surface area (Å²) in [7, 11) is 2.99. The van der Waals surface area contributed by atoms with Crippen LogP contribution in [0.25, 0.3) is 10.9 Å². The number of aromatic nitrogens is 1. The number of H-pyrrole nitrogens is 1. The maximum absolute atomic E-state index is 12.5. The predicted molar refractivity (Wildman–Crippen MR) is 95.8 cm³/mol. The van der Waals surface area contributed by atoms with Crippen LogP contribution in [0.5, 0.6) is 11.5 Å². The Morgan fingerprint density at radius 2 is 1.88 bits per heavy atom. The number of hydrogen-bond acceptors (Lipinski definition) is 4. The first-order chi connectivity index (χ1) is 12.0. The molecule has 25 heavy (non-hydrogen) atoms. The Balaban J connectivity index is 1.88. The fourth-order valence-electron chi connectivity index (χ4n) is 2.48. The van der Waals surface area contributed by atoms with Crippen molar-refractivity contribution in [2.24, 2.45) is 0 Å². The number of hydrogen-bond donors (Lipinski definition) is 2. The largest absolute Gasteiger partial charge is 0.497 e. The van der Waals surface area contributed by atoms with E-state index in [1.54, 1.807) is 36.4 Å². The van der Waals surface area contributed by atoms with Crippen LogP contribution in [0.4, 0.5) is 5.69 Å². The lowest BCUT2D eigenvalue weighted by Gasteiger charge is -2.11. The van der Waals surface area contributed by atoms with E-state index in [0.29, 0.717) is 27.6 Å². The lowest BCUT2D eigenvalue weighted by molar-refractivity contribution is -0.112. The number of anilines is 1. The zero-order valence-corrected chi connectivity index (χ0v) is 14.3. The van der Waals surface area contributed by atoms with Crippen LogP contribution in [-0.4, -0.2) is 30.9 Å². The zero-order valence-electron chi connectivity index (χ0n) is 13.6. The van der Waals surface area contributed by atoms with E-state index in [2.05, 4.69) is 10.3 Å². The van der Waals surface area contributed by atoms with Gasteiger partial charge in [0.1, 0.15) is 11.5 Å². The van der Waals surface area contributed by atoms with E-state index >= 15 is 0 Å². The number of amides is 1. The Morgan fingerprint density at radius 3 is 2.60 bits per heavy atom. The first-order valence-electron chi connectivity index (χ1n) is 7.38. The van der Waals surface area contributed by atoms with E-state index in [1.165, 1.54) is 20.4 Å². The molecule has 0 atom stereocenters. The summed E-state index contributed by atoms with van der Waals surface area (Å²) in [5.74, 6) is -0.481. The van der Waals surface area contributed by atoms with Crippen molar-refractivity contribution in [3.8, 4) is 11.5 Å². The fourth-order valence-corrected chi connectivity index (χ4v) is 2.66. The smallest absolute Gasteiger partial charge is 0.296 e. The van der Waals surface area contributed by atoms with Crippen LogP contribution in [0.15, 0.2) is 42.6 Å². The maximum atomic E-state index is 12.5. The molecule has 2 N–H and O–H groups in total. The number of aromatic amines is 1. The van der Waals surface area contributed by atoms with E-state index in [1.807, 2.05) is 0 Å². The van der Waals surface area contributed by atoms with Crippen molar-refractivity contribution in [3.05, 3.63) is 53.2 Å². The van der Waals surface area contributed by atoms with Gasteiger partial charge in [-0.15, -0.1) is 0 Å². The summed E-state index contributed by atoms with van der Waals surface area (Å²) in [5, 5.41) is 3.64. The Kier molecular flexibility index (Phi) is 4.63. The third kappa shape index (κ3) is 3.29. The Hall–Kier alpha value is -2.99. The van der Waals surface area contributed by atoms with Gasteiger partial charge in [-0.1, -0.05) is 11.6 Å². The van der Waals surface area contributed by atoms with Crippen LogP contribution in [0.1, 0.15) is 10.4 Å². The molecule has 6 nitrogen and oxygen atoms in total. The average Bonchev–Trinajstić information content (AvgIpc) is 3.04. The highest BCUT2D eigenvalue weighted by Gasteiger charge is 2.21. The lowest BCUT2D eigenvalue weighted by atomic mass is 10.1. The van der Waals surface area contributed by atoms with E-state index in [4.69, 9.17) is 21.1 Å². The van der Waals surface area contributed by atoms with Crippen LogP contribution in [0, 0.1) is 0 Å². The van der Waals surface area contributed by atoms with Crippen molar-refractivity contribution < 1.29 is 19.1 Å². The summed E-state index contributed by atoms with van der Waals surface area (Å²) in [4.78, 5) is 27.8. The molecule has 3 rings (SSSR count). The molecule has 0 aliphatic heterocycles. The highest BCUT2D eigenvalue weighted by atomic mass is 35.5. The minimum Gasteiger partial charge on any atom is -0.497 e. The van der Waals surface area contributed by atoms with Gasteiger partial charge in [-0.25, -0.2) is 0 Å². The van der Waals surface area contributed by atoms with Crippen LogP contribution in [0.3, 0.4) is 0 Å². The first-order valence-corrected chi connectivity index (χ1v) is 7.75. The summed E-state index contributed by atoms with van der Waals surface area (Å²) < 4.78 is 10.3. The monoisotopic (exact) mass is 358 g/mol. The van der Waals surface area contributed by atoms with Crippen molar-refractivity contribution >= 4 is 39.9 Å². The minimum absolute atomic E-state index is 0.252. The van der Waals surface area contributed by atoms with Crippen LogP contribution in [0.2, 0.25) is 5.02 Å². The second-order valence-electron chi connectivity index (χ2n) is 5.24. The molecule has 1 amide bonds. The van der Waals surface area contributed by atoms with Crippen molar-refractivity contribution in [1.29, 1.82) is 0 Å². The first kappa shape index (κ1) is 16.9. The minimum atomic E-state index is -0.774. The van der Waals surface area contributed by atoms with Crippen LogP contribution >= 0.6 is 11.6 Å². The number of rotatable bonds is 5. The molecule has 0 aliphatic carbocycles. The number of fused-ring (bicyclic) bond motifs is 1. The molecular formula is C18H15ClN2O4. The van der Waals surface area contributed by atoms with Gasteiger partial charge in [-0.2, -0.15) is 0 Å². The molecular weight excluding hydrogens is 344 g/mol. The molecule has 0 fully saturated rings. The quantitative estimate of drug-likeness (QED) is 0.538. The standard InChI is InChI=1S/C18H15ClN2O4/c1-24-11-4-6-15(16(8-11)25-2)21-18(23)17(22)13-9-20-14-5-3-10(19)7-12(13)14/h3-9,20H,1-2H3,(H,21,23). The van der Waals surface area contributed by atoms with Crippen molar-refractivity contribution in [3.63, 3.8) is 0 Å². The van der Waals surface area contributed by atoms with Gasteiger partial charge in [-0.3, -0.25) is 9.59 Å². The Morgan fingerprint density at radius 1 is 1.08 bits per heavy atom. The summed E-state index contributed by atoms with van der Waals surface area (Å²) in [5.41, 5.74) is 1.35. The number of methoxy groups -OCH3 is 2. The average molecular weight is 359 g/mol. The third-order valence-electron chi connectivity index (χ3n) is 3.75. The van der Waals surface area contributed by atoms with Crippen LogP contribution < -0.4 is 14.8 Å². The number of halogens is 1. The fraction of sp³-hybridized carbons (Fsp3) is 0.111. The van der Waals surface area contributed by atoms with Gasteiger partial charge in [0.05, 0.1) is 25.5 Å². The summed E-state index contributed by atoms with van der Waals surface area (Å²) in [6, 6.07) is 9.98. The molecule has 128 valence electrons. The van der Waals surface area contributed by atoms with Gasteiger partial charge in [0.25, 0.3) is 11.7 Å². The summed E-state index contributed by atoms with van der Waals surface area (Å²) in [6.45, 7) is 0. The van der Waals surface area contributed by atoms with E-state index < -0.39 is 11.7 Å². The molecule has 0 unspecified atom stereocenters. The molecule has 1 heterocycles.